The lowest BCUT2D eigenvalue weighted by molar-refractivity contribution is -0.114. The number of para-hydroxylation sites is 1. The van der Waals surface area contributed by atoms with Crippen molar-refractivity contribution in [2.45, 2.75) is 6.92 Å². The van der Waals surface area contributed by atoms with Gasteiger partial charge in [0.2, 0.25) is 11.9 Å². The number of benzene rings is 3. The quantitative estimate of drug-likeness (QED) is 0.428. The van der Waals surface area contributed by atoms with Crippen molar-refractivity contribution in [2.75, 3.05) is 41.7 Å². The average molecular weight is 439 g/mol. The molecule has 0 aliphatic carbocycles. The minimum absolute atomic E-state index is 0.0955. The smallest absolute Gasteiger partial charge is 0.227 e. The number of anilines is 4. The number of nitrogens with one attached hydrogen (secondary N) is 3. The molecule has 5 rings (SSSR count). The monoisotopic (exact) mass is 438 g/mol. The number of piperazine rings is 1. The number of carbonyl (C=O) groups is 1. The third kappa shape index (κ3) is 4.78. The first-order valence-corrected chi connectivity index (χ1v) is 11.1. The summed E-state index contributed by atoms with van der Waals surface area (Å²) in [6.07, 6.45) is 1.83. The van der Waals surface area contributed by atoms with Crippen molar-refractivity contribution < 1.29 is 4.79 Å². The van der Waals surface area contributed by atoms with Crippen molar-refractivity contribution in [3.05, 3.63) is 72.9 Å². The van der Waals surface area contributed by atoms with Gasteiger partial charge in [0.15, 0.2) is 0 Å². The zero-order valence-corrected chi connectivity index (χ0v) is 18.5. The van der Waals surface area contributed by atoms with Gasteiger partial charge in [-0.1, -0.05) is 30.3 Å². The van der Waals surface area contributed by atoms with Crippen molar-refractivity contribution in [2.24, 2.45) is 0 Å². The number of hydrogen-bond acceptors (Lipinski definition) is 6. The molecule has 0 atom stereocenters. The highest BCUT2D eigenvalue weighted by Gasteiger charge is 2.11. The first kappa shape index (κ1) is 20.9. The number of aromatic nitrogens is 2. The molecule has 3 aromatic carbocycles. The second-order valence-corrected chi connectivity index (χ2v) is 8.11. The van der Waals surface area contributed by atoms with Gasteiger partial charge in [0, 0.05) is 67.3 Å². The minimum atomic E-state index is -0.0955. The lowest BCUT2D eigenvalue weighted by atomic mass is 10.0. The molecule has 0 unspecified atom stereocenters. The summed E-state index contributed by atoms with van der Waals surface area (Å²) in [5, 5.41) is 10.5. The fourth-order valence-corrected chi connectivity index (χ4v) is 4.12. The molecule has 1 saturated heterocycles. The van der Waals surface area contributed by atoms with Crippen LogP contribution in [0.4, 0.5) is 23.0 Å². The van der Waals surface area contributed by atoms with Crippen LogP contribution in [0.5, 0.6) is 0 Å². The van der Waals surface area contributed by atoms with Gasteiger partial charge < -0.3 is 20.9 Å². The molecule has 166 valence electrons. The van der Waals surface area contributed by atoms with E-state index in [0.29, 0.717) is 5.95 Å². The number of nitrogens with zero attached hydrogens (tertiary/aromatic N) is 3. The molecule has 1 aromatic heterocycles. The van der Waals surface area contributed by atoms with Crippen LogP contribution >= 0.6 is 0 Å². The van der Waals surface area contributed by atoms with Crippen LogP contribution in [0.15, 0.2) is 72.9 Å². The molecule has 3 N–H and O–H groups in total. The van der Waals surface area contributed by atoms with Crippen LogP contribution in [0.2, 0.25) is 0 Å². The predicted octanol–water partition coefficient (Wildman–Crippen LogP) is 4.41. The third-order valence-corrected chi connectivity index (χ3v) is 5.71. The normalized spacial score (nSPS) is 13.7. The van der Waals surface area contributed by atoms with Crippen LogP contribution in [0.3, 0.4) is 0 Å². The Kier molecular flexibility index (Phi) is 5.87. The summed E-state index contributed by atoms with van der Waals surface area (Å²) in [7, 11) is 0. The molecule has 0 radical (unpaired) electrons. The van der Waals surface area contributed by atoms with Crippen molar-refractivity contribution in [3.8, 4) is 11.1 Å². The molecule has 4 aromatic rings. The maximum Gasteiger partial charge on any atom is 0.227 e. The largest absolute Gasteiger partial charge is 0.369 e. The molecule has 7 nitrogen and oxygen atoms in total. The Bertz CT molecular complexity index is 1280. The van der Waals surface area contributed by atoms with Gasteiger partial charge in [-0.25, -0.2) is 9.97 Å². The molecule has 0 saturated carbocycles. The van der Waals surface area contributed by atoms with Crippen molar-refractivity contribution >= 4 is 39.8 Å². The van der Waals surface area contributed by atoms with E-state index in [1.807, 2.05) is 48.7 Å². The fourth-order valence-electron chi connectivity index (χ4n) is 4.12. The Morgan fingerprint density at radius 2 is 1.76 bits per heavy atom. The molecule has 2 heterocycles. The topological polar surface area (TPSA) is 82.2 Å². The predicted molar refractivity (Wildman–Crippen MR) is 134 cm³/mol. The zero-order valence-electron chi connectivity index (χ0n) is 18.5. The Balaban J connectivity index is 1.42. The van der Waals surface area contributed by atoms with Crippen LogP contribution in [0, 0.1) is 0 Å². The van der Waals surface area contributed by atoms with Crippen LogP contribution in [-0.4, -0.2) is 42.1 Å². The summed E-state index contributed by atoms with van der Waals surface area (Å²) in [4.78, 5) is 23.2. The third-order valence-electron chi connectivity index (χ3n) is 5.71. The van der Waals surface area contributed by atoms with Crippen LogP contribution in [0.25, 0.3) is 22.0 Å². The van der Waals surface area contributed by atoms with Crippen molar-refractivity contribution in [1.82, 2.24) is 15.3 Å². The number of rotatable bonds is 5. The maximum atomic E-state index is 11.5. The minimum Gasteiger partial charge on any atom is -0.369 e. The average Bonchev–Trinajstić information content (AvgIpc) is 2.84. The highest BCUT2D eigenvalue weighted by atomic mass is 16.1. The second-order valence-electron chi connectivity index (χ2n) is 8.11. The Morgan fingerprint density at radius 3 is 2.55 bits per heavy atom. The van der Waals surface area contributed by atoms with Gasteiger partial charge in [-0.3, -0.25) is 4.79 Å². The highest BCUT2D eigenvalue weighted by Crippen LogP contribution is 2.30. The summed E-state index contributed by atoms with van der Waals surface area (Å²) in [6.45, 7) is 5.58. The lowest BCUT2D eigenvalue weighted by Crippen LogP contribution is -2.43. The Labute approximate surface area is 192 Å². The zero-order chi connectivity index (χ0) is 22.6. The molecule has 0 spiro atoms. The molecule has 1 amide bonds. The summed E-state index contributed by atoms with van der Waals surface area (Å²) in [5.41, 5.74) is 5.75. The molecule has 1 aliphatic heterocycles. The van der Waals surface area contributed by atoms with Gasteiger partial charge in [0.25, 0.3) is 0 Å². The molecular formula is C26H26N6O. The number of amides is 1. The van der Waals surface area contributed by atoms with E-state index >= 15 is 0 Å². The van der Waals surface area contributed by atoms with Crippen molar-refractivity contribution in [1.29, 1.82) is 0 Å². The van der Waals surface area contributed by atoms with E-state index in [9.17, 15) is 4.79 Å². The van der Waals surface area contributed by atoms with Gasteiger partial charge in [-0.15, -0.1) is 0 Å². The lowest BCUT2D eigenvalue weighted by Gasteiger charge is -2.29. The number of fused-ring (bicyclic) bond motifs is 1. The first-order chi connectivity index (χ1) is 16.2. The van der Waals surface area contributed by atoms with Gasteiger partial charge in [0.05, 0.1) is 5.52 Å². The maximum absolute atomic E-state index is 11.5. The number of hydrogen-bond donors (Lipinski definition) is 3. The fraction of sp³-hybridized carbons (Fsp3) is 0.192. The van der Waals surface area contributed by atoms with E-state index in [1.54, 1.807) is 0 Å². The molecule has 1 fully saturated rings. The van der Waals surface area contributed by atoms with Crippen LogP contribution in [0.1, 0.15) is 6.92 Å². The van der Waals surface area contributed by atoms with E-state index < -0.39 is 0 Å². The van der Waals surface area contributed by atoms with Gasteiger partial charge in [0.1, 0.15) is 0 Å². The molecule has 7 heteroatoms. The summed E-state index contributed by atoms with van der Waals surface area (Å²) in [5.74, 6) is 0.449. The van der Waals surface area contributed by atoms with E-state index in [4.69, 9.17) is 4.98 Å². The van der Waals surface area contributed by atoms with Gasteiger partial charge in [-0.05, 0) is 42.0 Å². The SMILES string of the molecule is CC(=O)Nc1cccc(-c2cccc3cnc(Nc4ccc(N5CCNCC5)cc4)nc23)c1. The summed E-state index contributed by atoms with van der Waals surface area (Å²) in [6, 6.07) is 22.2. The standard InChI is InChI=1S/C26H26N6O/c1-18(33)29-22-6-2-4-19(16-22)24-7-3-5-20-17-28-26(31-25(20)24)30-21-8-10-23(11-9-21)32-14-12-27-13-15-32/h2-11,16-17,27H,12-15H2,1H3,(H,29,33)(H,28,30,31). The Hall–Kier alpha value is -3.97. The van der Waals surface area contributed by atoms with E-state index in [0.717, 1.165) is 59.6 Å². The van der Waals surface area contributed by atoms with Gasteiger partial charge >= 0.3 is 0 Å². The first-order valence-electron chi connectivity index (χ1n) is 11.1. The van der Waals surface area contributed by atoms with Crippen LogP contribution < -0.4 is 20.9 Å². The molecular weight excluding hydrogens is 412 g/mol. The Morgan fingerprint density at radius 1 is 0.970 bits per heavy atom. The summed E-state index contributed by atoms with van der Waals surface area (Å²) >= 11 is 0. The number of carbonyl (C=O) groups excluding carboxylic acids is 1. The van der Waals surface area contributed by atoms with Crippen LogP contribution in [-0.2, 0) is 4.79 Å². The van der Waals surface area contributed by atoms with E-state index in [-0.39, 0.29) is 5.91 Å². The van der Waals surface area contributed by atoms with E-state index in [2.05, 4.69) is 50.1 Å². The molecule has 33 heavy (non-hydrogen) atoms. The summed E-state index contributed by atoms with van der Waals surface area (Å²) < 4.78 is 0. The van der Waals surface area contributed by atoms with Crippen molar-refractivity contribution in [3.63, 3.8) is 0 Å². The van der Waals surface area contributed by atoms with E-state index in [1.165, 1.54) is 12.6 Å². The highest BCUT2D eigenvalue weighted by molar-refractivity contribution is 5.95. The molecule has 0 bridgehead atoms. The molecule has 1 aliphatic rings. The van der Waals surface area contributed by atoms with Gasteiger partial charge in [-0.2, -0.15) is 0 Å². The second kappa shape index (κ2) is 9.26.